The molecule has 1 heterocycles. The van der Waals surface area contributed by atoms with Crippen molar-refractivity contribution in [1.29, 1.82) is 0 Å². The van der Waals surface area contributed by atoms with Crippen molar-refractivity contribution < 1.29 is 14.3 Å². The summed E-state index contributed by atoms with van der Waals surface area (Å²) in [5.74, 6) is 1.26. The van der Waals surface area contributed by atoms with E-state index in [0.717, 1.165) is 30.5 Å². The first-order valence-electron chi connectivity index (χ1n) is 10.2. The molecule has 2 aromatic carbocycles. The van der Waals surface area contributed by atoms with Gasteiger partial charge in [-0.05, 0) is 49.4 Å². The molecule has 1 aliphatic rings. The number of aliphatic imine (C=N–C) groups is 1. The van der Waals surface area contributed by atoms with Gasteiger partial charge >= 0.3 is 0 Å². The highest BCUT2D eigenvalue weighted by Crippen LogP contribution is 2.37. The number of hydrogen-bond acceptors (Lipinski definition) is 5. The first-order chi connectivity index (χ1) is 14.5. The van der Waals surface area contributed by atoms with Gasteiger partial charge in [0.1, 0.15) is 0 Å². The minimum atomic E-state index is -0.0781. The van der Waals surface area contributed by atoms with Crippen LogP contribution in [0.3, 0.4) is 0 Å². The van der Waals surface area contributed by atoms with Crippen LogP contribution in [0.5, 0.6) is 11.5 Å². The molecule has 0 aliphatic carbocycles. The number of hydrogen-bond donors (Lipinski definition) is 0. The average Bonchev–Trinajstić information content (AvgIpc) is 3.01. The van der Waals surface area contributed by atoms with Gasteiger partial charge < -0.3 is 9.47 Å². The maximum Gasteiger partial charge on any atom is 0.266 e. The monoisotopic (exact) mass is 424 g/mol. The minimum absolute atomic E-state index is 0.0781. The molecule has 158 valence electrons. The van der Waals surface area contributed by atoms with Crippen molar-refractivity contribution in [1.82, 2.24) is 4.90 Å². The fourth-order valence-corrected chi connectivity index (χ4v) is 3.99. The van der Waals surface area contributed by atoms with Gasteiger partial charge in [0.15, 0.2) is 16.7 Å². The molecule has 30 heavy (non-hydrogen) atoms. The van der Waals surface area contributed by atoms with E-state index in [1.165, 1.54) is 17.3 Å². The third kappa shape index (κ3) is 5.25. The van der Waals surface area contributed by atoms with Crippen LogP contribution in [-0.4, -0.2) is 36.7 Å². The van der Waals surface area contributed by atoms with Crippen molar-refractivity contribution in [2.24, 2.45) is 4.99 Å². The van der Waals surface area contributed by atoms with Crippen LogP contribution in [0, 0.1) is 6.92 Å². The van der Waals surface area contributed by atoms with Gasteiger partial charge in [-0.2, -0.15) is 0 Å². The number of unbranched alkanes of at least 4 members (excludes halogenated alkanes) is 2. The van der Waals surface area contributed by atoms with Crippen LogP contribution >= 0.6 is 11.8 Å². The normalized spacial score (nSPS) is 16.5. The molecule has 0 spiro atoms. The van der Waals surface area contributed by atoms with E-state index in [-0.39, 0.29) is 5.91 Å². The van der Waals surface area contributed by atoms with Crippen molar-refractivity contribution in [3.8, 4) is 11.5 Å². The molecule has 0 bridgehead atoms. The van der Waals surface area contributed by atoms with Crippen molar-refractivity contribution in [2.45, 2.75) is 33.1 Å². The van der Waals surface area contributed by atoms with Crippen LogP contribution in [0.2, 0.25) is 0 Å². The molecule has 2 aromatic rings. The highest BCUT2D eigenvalue weighted by Gasteiger charge is 2.30. The topological polar surface area (TPSA) is 51.1 Å². The lowest BCUT2D eigenvalue weighted by atomic mass is 10.1. The number of amidine groups is 1. The van der Waals surface area contributed by atoms with E-state index in [2.05, 4.69) is 11.9 Å². The molecule has 0 saturated carbocycles. The van der Waals surface area contributed by atoms with Crippen LogP contribution in [0.4, 0.5) is 5.69 Å². The molecule has 0 unspecified atom stereocenters. The summed E-state index contributed by atoms with van der Waals surface area (Å²) in [5, 5.41) is 0.656. The maximum absolute atomic E-state index is 12.8. The van der Waals surface area contributed by atoms with Crippen molar-refractivity contribution in [3.05, 3.63) is 58.5 Å². The van der Waals surface area contributed by atoms with Crippen LogP contribution in [0.25, 0.3) is 6.08 Å². The van der Waals surface area contributed by atoms with Crippen molar-refractivity contribution in [3.63, 3.8) is 0 Å². The number of amides is 1. The average molecular weight is 425 g/mol. The Morgan fingerprint density at radius 1 is 1.13 bits per heavy atom. The second-order valence-corrected chi connectivity index (χ2v) is 8.15. The largest absolute Gasteiger partial charge is 0.493 e. The zero-order valence-corrected chi connectivity index (χ0v) is 18.8. The number of likely N-dealkylation sites (N-methyl/N-ethyl adjacent to an activating group) is 1. The Kier molecular flexibility index (Phi) is 7.57. The third-order valence-electron chi connectivity index (χ3n) is 4.77. The fourth-order valence-electron chi connectivity index (χ4n) is 3.01. The smallest absolute Gasteiger partial charge is 0.266 e. The molecule has 5 nitrogen and oxygen atoms in total. The van der Waals surface area contributed by atoms with E-state index < -0.39 is 0 Å². The number of benzene rings is 2. The van der Waals surface area contributed by atoms with Crippen molar-refractivity contribution >= 4 is 34.6 Å². The molecule has 1 aliphatic heterocycles. The number of carbonyl (C=O) groups excluding carboxylic acids is 1. The van der Waals surface area contributed by atoms with E-state index in [1.54, 1.807) is 19.1 Å². The first kappa shape index (κ1) is 22.0. The Labute approximate surface area is 182 Å². The van der Waals surface area contributed by atoms with E-state index in [4.69, 9.17) is 9.47 Å². The second-order valence-electron chi connectivity index (χ2n) is 7.14. The molecular formula is C24H28N2O3S. The predicted octanol–water partition coefficient (Wildman–Crippen LogP) is 5.81. The van der Waals surface area contributed by atoms with E-state index >= 15 is 0 Å². The molecular weight excluding hydrogens is 396 g/mol. The zero-order chi connectivity index (χ0) is 21.5. The number of thioether (sulfide) groups is 1. The molecule has 6 heteroatoms. The highest BCUT2D eigenvalue weighted by atomic mass is 32.2. The third-order valence-corrected chi connectivity index (χ3v) is 5.83. The number of rotatable bonds is 8. The lowest BCUT2D eigenvalue weighted by Gasteiger charge is -2.13. The summed E-state index contributed by atoms with van der Waals surface area (Å²) in [6, 6.07) is 13.6. The number of carbonyl (C=O) groups is 1. The van der Waals surface area contributed by atoms with Gasteiger partial charge in [-0.25, -0.2) is 4.99 Å². The lowest BCUT2D eigenvalue weighted by molar-refractivity contribution is -0.121. The Balaban J connectivity index is 1.87. The number of methoxy groups -OCH3 is 1. The summed E-state index contributed by atoms with van der Waals surface area (Å²) in [5.41, 5.74) is 2.82. The molecule has 3 rings (SSSR count). The predicted molar refractivity (Wildman–Crippen MR) is 125 cm³/mol. The first-order valence-corrected chi connectivity index (χ1v) is 11.0. The molecule has 1 fully saturated rings. The Morgan fingerprint density at radius 2 is 1.90 bits per heavy atom. The van der Waals surface area contributed by atoms with E-state index in [0.29, 0.717) is 28.2 Å². The molecule has 0 atom stereocenters. The molecule has 1 saturated heterocycles. The summed E-state index contributed by atoms with van der Waals surface area (Å²) in [6.45, 7) is 4.81. The van der Waals surface area contributed by atoms with Crippen LogP contribution in [0.15, 0.2) is 52.4 Å². The second kappa shape index (κ2) is 10.3. The maximum atomic E-state index is 12.8. The standard InChI is InChI=1S/C24H28N2O3S/c1-5-6-7-15-29-22-18(9-8-10-20(22)28-4)16-21-23(27)26(3)24(30-21)25-19-13-11-17(2)12-14-19/h8-14,16H,5-7,15H2,1-4H3/b21-16+,25-24?. The summed E-state index contributed by atoms with van der Waals surface area (Å²) in [6.07, 6.45) is 5.09. The van der Waals surface area contributed by atoms with Gasteiger partial charge in [-0.3, -0.25) is 9.69 Å². The van der Waals surface area contributed by atoms with Crippen LogP contribution in [0.1, 0.15) is 37.3 Å². The minimum Gasteiger partial charge on any atom is -0.493 e. The summed E-state index contributed by atoms with van der Waals surface area (Å²) >= 11 is 1.37. The summed E-state index contributed by atoms with van der Waals surface area (Å²) < 4.78 is 11.5. The van der Waals surface area contributed by atoms with Gasteiger partial charge in [0, 0.05) is 12.6 Å². The zero-order valence-electron chi connectivity index (χ0n) is 18.0. The summed E-state index contributed by atoms with van der Waals surface area (Å²) in [7, 11) is 3.37. The summed E-state index contributed by atoms with van der Waals surface area (Å²) in [4.78, 5) is 19.6. The Bertz CT molecular complexity index is 951. The van der Waals surface area contributed by atoms with Crippen LogP contribution < -0.4 is 9.47 Å². The fraction of sp³-hybridized carbons (Fsp3) is 0.333. The Morgan fingerprint density at radius 3 is 2.60 bits per heavy atom. The van der Waals surface area contributed by atoms with Gasteiger partial charge in [0.25, 0.3) is 5.91 Å². The number of ether oxygens (including phenoxy) is 2. The molecule has 0 N–H and O–H groups in total. The SMILES string of the molecule is CCCCCOc1c(/C=C2/SC(=Nc3ccc(C)cc3)N(C)C2=O)cccc1OC. The lowest BCUT2D eigenvalue weighted by Crippen LogP contribution is -2.23. The van der Waals surface area contributed by atoms with Crippen LogP contribution in [-0.2, 0) is 4.79 Å². The quantitative estimate of drug-likeness (QED) is 0.397. The van der Waals surface area contributed by atoms with E-state index in [9.17, 15) is 4.79 Å². The number of nitrogens with zero attached hydrogens (tertiary/aromatic N) is 2. The highest BCUT2D eigenvalue weighted by molar-refractivity contribution is 8.18. The number of para-hydroxylation sites is 1. The number of aryl methyl sites for hydroxylation is 1. The molecule has 1 amide bonds. The van der Waals surface area contributed by atoms with Gasteiger partial charge in [-0.1, -0.05) is 49.6 Å². The van der Waals surface area contributed by atoms with Gasteiger partial charge in [-0.15, -0.1) is 0 Å². The van der Waals surface area contributed by atoms with Gasteiger partial charge in [0.05, 0.1) is 24.3 Å². The van der Waals surface area contributed by atoms with Gasteiger partial charge in [0.2, 0.25) is 0 Å². The van der Waals surface area contributed by atoms with E-state index in [1.807, 2.05) is 55.5 Å². The molecule has 0 radical (unpaired) electrons. The molecule has 0 aromatic heterocycles. The Hall–Kier alpha value is -2.73. The van der Waals surface area contributed by atoms with Crippen molar-refractivity contribution in [2.75, 3.05) is 20.8 Å².